The molecule has 0 aromatic heterocycles. The van der Waals surface area contributed by atoms with E-state index in [-0.39, 0.29) is 5.97 Å². The standard InChI is InChI=1S/C33H62O4/c1-2-37-33(36)31-29-27-25-23-21-19-17-15-13-11-9-7-5-3-4-6-8-10-12-14-16-18-20-22-24-26-28-30-32(34)35/h2H,1,3-31H2,(H,34,35). The molecule has 37 heavy (non-hydrogen) atoms. The Morgan fingerprint density at radius 1 is 0.432 bits per heavy atom. The Kier molecular flexibility index (Phi) is 29.8. The van der Waals surface area contributed by atoms with Gasteiger partial charge in [0.25, 0.3) is 0 Å². The second-order valence-electron chi connectivity index (χ2n) is 11.1. The zero-order valence-electron chi connectivity index (χ0n) is 24.5. The summed E-state index contributed by atoms with van der Waals surface area (Å²) in [7, 11) is 0. The van der Waals surface area contributed by atoms with Crippen LogP contribution in [0.2, 0.25) is 0 Å². The molecule has 4 heteroatoms. The zero-order valence-corrected chi connectivity index (χ0v) is 24.5. The van der Waals surface area contributed by atoms with Crippen LogP contribution >= 0.6 is 0 Å². The highest BCUT2D eigenvalue weighted by molar-refractivity contribution is 5.69. The summed E-state index contributed by atoms with van der Waals surface area (Å²) in [5, 5.41) is 8.62. The van der Waals surface area contributed by atoms with Gasteiger partial charge in [-0.1, -0.05) is 167 Å². The molecule has 0 bridgehead atoms. The number of ether oxygens (including phenoxy) is 1. The summed E-state index contributed by atoms with van der Waals surface area (Å²) >= 11 is 0. The normalized spacial score (nSPS) is 11.0. The van der Waals surface area contributed by atoms with Gasteiger partial charge in [0, 0.05) is 12.8 Å². The quantitative estimate of drug-likeness (QED) is 0.0558. The minimum Gasteiger partial charge on any atom is -0.481 e. The van der Waals surface area contributed by atoms with Crippen molar-refractivity contribution in [3.05, 3.63) is 12.8 Å². The Balaban J connectivity index is 3.06. The number of aliphatic carboxylic acids is 1. The van der Waals surface area contributed by atoms with E-state index in [4.69, 9.17) is 9.84 Å². The molecule has 0 rings (SSSR count). The van der Waals surface area contributed by atoms with Crippen molar-refractivity contribution in [1.82, 2.24) is 0 Å². The Bertz CT molecular complexity index is 503. The van der Waals surface area contributed by atoms with Crippen LogP contribution in [0.15, 0.2) is 12.8 Å². The predicted molar refractivity (Wildman–Crippen MR) is 158 cm³/mol. The molecule has 0 amide bonds. The highest BCUT2D eigenvalue weighted by Gasteiger charge is 2.00. The summed E-state index contributed by atoms with van der Waals surface area (Å²) in [5.41, 5.74) is 0. The molecule has 0 atom stereocenters. The lowest BCUT2D eigenvalue weighted by Crippen LogP contribution is -1.98. The summed E-state index contributed by atoms with van der Waals surface area (Å²) in [6.07, 6.45) is 37.7. The van der Waals surface area contributed by atoms with E-state index >= 15 is 0 Å². The first-order chi connectivity index (χ1) is 18.2. The number of hydrogen-bond donors (Lipinski definition) is 1. The molecule has 0 aromatic carbocycles. The van der Waals surface area contributed by atoms with Crippen LogP contribution in [-0.4, -0.2) is 17.0 Å². The Hall–Kier alpha value is -1.32. The average molecular weight is 523 g/mol. The number of carbonyl (C=O) groups is 2. The van der Waals surface area contributed by atoms with Crippen LogP contribution in [0.3, 0.4) is 0 Å². The van der Waals surface area contributed by atoms with Gasteiger partial charge in [-0.2, -0.15) is 0 Å². The van der Waals surface area contributed by atoms with Crippen molar-refractivity contribution in [1.29, 1.82) is 0 Å². The molecule has 0 aliphatic heterocycles. The van der Waals surface area contributed by atoms with Gasteiger partial charge >= 0.3 is 11.9 Å². The maximum atomic E-state index is 11.2. The molecule has 1 N–H and O–H groups in total. The molecule has 0 aliphatic carbocycles. The van der Waals surface area contributed by atoms with Crippen LogP contribution in [0, 0.1) is 0 Å². The van der Waals surface area contributed by atoms with Gasteiger partial charge in [0.2, 0.25) is 0 Å². The van der Waals surface area contributed by atoms with Gasteiger partial charge in [0.05, 0.1) is 6.26 Å². The first kappa shape index (κ1) is 35.7. The molecule has 0 saturated heterocycles. The van der Waals surface area contributed by atoms with Crippen LogP contribution in [-0.2, 0) is 14.3 Å². The van der Waals surface area contributed by atoms with Gasteiger partial charge in [-0.05, 0) is 12.8 Å². The smallest absolute Gasteiger partial charge is 0.310 e. The molecule has 0 spiro atoms. The topological polar surface area (TPSA) is 63.6 Å². The van der Waals surface area contributed by atoms with Crippen LogP contribution in [0.4, 0.5) is 0 Å². The van der Waals surface area contributed by atoms with Crippen molar-refractivity contribution in [3.8, 4) is 0 Å². The molecule has 0 radical (unpaired) electrons. The lowest BCUT2D eigenvalue weighted by molar-refractivity contribution is -0.138. The SMILES string of the molecule is C=COC(=O)CCCCCCCCCCCCCCCCCCCCCCCCCCCCCC(=O)O. The van der Waals surface area contributed by atoms with E-state index in [9.17, 15) is 9.59 Å². The molecular formula is C33H62O4. The summed E-state index contributed by atoms with van der Waals surface area (Å²) in [5.74, 6) is -0.809. The van der Waals surface area contributed by atoms with Gasteiger partial charge in [-0.15, -0.1) is 0 Å². The zero-order chi connectivity index (χ0) is 27.1. The predicted octanol–water partition coefficient (Wildman–Crippen LogP) is 11.1. The minimum atomic E-state index is -0.656. The monoisotopic (exact) mass is 522 g/mol. The summed E-state index contributed by atoms with van der Waals surface area (Å²) in [6.45, 7) is 3.40. The molecule has 0 aliphatic rings. The molecule has 0 fully saturated rings. The molecular weight excluding hydrogens is 460 g/mol. The van der Waals surface area contributed by atoms with E-state index in [1.54, 1.807) is 0 Å². The lowest BCUT2D eigenvalue weighted by atomic mass is 10.0. The average Bonchev–Trinajstić information content (AvgIpc) is 2.87. The highest BCUT2D eigenvalue weighted by atomic mass is 16.5. The maximum Gasteiger partial charge on any atom is 0.310 e. The van der Waals surface area contributed by atoms with Crippen LogP contribution in [0.25, 0.3) is 0 Å². The second kappa shape index (κ2) is 30.9. The fourth-order valence-corrected chi connectivity index (χ4v) is 5.12. The van der Waals surface area contributed by atoms with Gasteiger partial charge in [0.15, 0.2) is 0 Å². The number of hydrogen-bond acceptors (Lipinski definition) is 3. The van der Waals surface area contributed by atoms with Crippen molar-refractivity contribution < 1.29 is 19.4 Å². The molecule has 0 saturated carbocycles. The molecule has 218 valence electrons. The van der Waals surface area contributed by atoms with Crippen molar-refractivity contribution in [3.63, 3.8) is 0 Å². The number of rotatable bonds is 31. The van der Waals surface area contributed by atoms with Gasteiger partial charge < -0.3 is 9.84 Å². The number of unbranched alkanes of at least 4 members (excludes halogenated alkanes) is 26. The van der Waals surface area contributed by atoms with Crippen LogP contribution in [0.1, 0.15) is 186 Å². The van der Waals surface area contributed by atoms with Gasteiger partial charge in [-0.25, -0.2) is 0 Å². The number of esters is 1. The third-order valence-corrected chi connectivity index (χ3v) is 7.49. The summed E-state index contributed by atoms with van der Waals surface area (Å²) < 4.78 is 4.72. The minimum absolute atomic E-state index is 0.153. The van der Waals surface area contributed by atoms with Crippen molar-refractivity contribution in [2.24, 2.45) is 0 Å². The largest absolute Gasteiger partial charge is 0.481 e. The first-order valence-electron chi connectivity index (χ1n) is 16.2. The fraction of sp³-hybridized carbons (Fsp3) is 0.879. The van der Waals surface area contributed by atoms with E-state index < -0.39 is 5.97 Å². The van der Waals surface area contributed by atoms with Crippen molar-refractivity contribution in [2.75, 3.05) is 0 Å². The Labute approximate surface area is 230 Å². The Morgan fingerprint density at radius 3 is 0.865 bits per heavy atom. The second-order valence-corrected chi connectivity index (χ2v) is 11.1. The van der Waals surface area contributed by atoms with E-state index in [0.29, 0.717) is 12.8 Å². The molecule has 0 aromatic rings. The van der Waals surface area contributed by atoms with E-state index in [1.807, 2.05) is 0 Å². The highest BCUT2D eigenvalue weighted by Crippen LogP contribution is 2.16. The number of carboxylic acid groups (broad SMARTS) is 1. The third-order valence-electron chi connectivity index (χ3n) is 7.49. The maximum absolute atomic E-state index is 11.2. The summed E-state index contributed by atoms with van der Waals surface area (Å²) in [4.78, 5) is 21.7. The van der Waals surface area contributed by atoms with E-state index in [0.717, 1.165) is 25.7 Å². The third kappa shape index (κ3) is 32.7. The first-order valence-corrected chi connectivity index (χ1v) is 16.2. The number of carboxylic acids is 1. The van der Waals surface area contributed by atoms with Crippen molar-refractivity contribution in [2.45, 2.75) is 186 Å². The van der Waals surface area contributed by atoms with Gasteiger partial charge in [-0.3, -0.25) is 9.59 Å². The summed E-state index contributed by atoms with van der Waals surface area (Å²) in [6, 6.07) is 0. The van der Waals surface area contributed by atoms with Crippen LogP contribution < -0.4 is 0 Å². The lowest BCUT2D eigenvalue weighted by Gasteiger charge is -2.04. The molecule has 0 unspecified atom stereocenters. The van der Waals surface area contributed by atoms with Gasteiger partial charge in [0.1, 0.15) is 0 Å². The number of carbonyl (C=O) groups excluding carboxylic acids is 1. The van der Waals surface area contributed by atoms with E-state index in [2.05, 4.69) is 6.58 Å². The fourth-order valence-electron chi connectivity index (χ4n) is 5.12. The Morgan fingerprint density at radius 2 is 0.649 bits per heavy atom. The van der Waals surface area contributed by atoms with Crippen molar-refractivity contribution >= 4 is 11.9 Å². The molecule has 0 heterocycles. The molecule has 4 nitrogen and oxygen atoms in total. The van der Waals surface area contributed by atoms with Crippen LogP contribution in [0.5, 0.6) is 0 Å². The van der Waals surface area contributed by atoms with E-state index in [1.165, 1.54) is 154 Å².